The molecule has 0 aromatic heterocycles. The molecule has 0 aliphatic heterocycles. The van der Waals surface area contributed by atoms with E-state index < -0.39 is 11.9 Å². The van der Waals surface area contributed by atoms with Gasteiger partial charge in [-0.1, -0.05) is 71.9 Å². The van der Waals surface area contributed by atoms with Gasteiger partial charge in [-0.05, 0) is 159 Å². The lowest BCUT2D eigenvalue weighted by molar-refractivity contribution is -0.225. The molecule has 52 heavy (non-hydrogen) atoms. The fourth-order valence-corrected chi connectivity index (χ4v) is 13.8. The Kier molecular flexibility index (Phi) is 10.5. The summed E-state index contributed by atoms with van der Waals surface area (Å²) in [5.41, 5.74) is 4.19. The van der Waals surface area contributed by atoms with Crippen molar-refractivity contribution in [1.29, 1.82) is 0 Å². The van der Waals surface area contributed by atoms with Gasteiger partial charge in [0.1, 0.15) is 0 Å². The molecule has 0 heterocycles. The van der Waals surface area contributed by atoms with Gasteiger partial charge in [-0.2, -0.15) is 0 Å². The number of carboxylic acids is 2. The molecule has 7 nitrogen and oxygen atoms in total. The zero-order valence-electron chi connectivity index (χ0n) is 33.2. The number of amides is 1. The van der Waals surface area contributed by atoms with Crippen molar-refractivity contribution in [1.82, 2.24) is 10.2 Å². The largest absolute Gasteiger partial charge is 0.481 e. The van der Waals surface area contributed by atoms with Gasteiger partial charge in [0.05, 0.1) is 11.0 Å². The molecule has 1 aromatic rings. The highest BCUT2D eigenvalue weighted by molar-refractivity contribution is 5.88. The molecule has 0 spiro atoms. The van der Waals surface area contributed by atoms with Crippen LogP contribution in [-0.2, 0) is 9.59 Å². The fraction of sp³-hybridized carbons (Fsp3) is 0.711. The molecule has 5 aliphatic carbocycles. The maximum atomic E-state index is 14.5. The van der Waals surface area contributed by atoms with E-state index in [9.17, 15) is 19.5 Å². The monoisotopic (exact) mass is 714 g/mol. The molecule has 0 saturated heterocycles. The second-order valence-corrected chi connectivity index (χ2v) is 19.0. The Labute approximate surface area is 313 Å². The first kappa shape index (κ1) is 38.8. The van der Waals surface area contributed by atoms with E-state index in [1.165, 1.54) is 36.8 Å². The number of nitrogens with zero attached hydrogens (tertiary/aromatic N) is 1. The number of carbonyl (C=O) groups is 3. The number of nitrogens with one attached hydrogen (secondary N) is 1. The van der Waals surface area contributed by atoms with Gasteiger partial charge in [0.15, 0.2) is 0 Å². The standard InChI is InChI=1S/C45H66N2O5/c1-9-47(27-10-11-37(48)49)28-26-46-40(52)45-23-18-32(29(2)3)38(45)34-16-17-36-42(6)21-19-33(30-12-14-31(15-13-30)39(50)51)41(4,5)35(42)20-22-44(36,8)43(34,7)24-25-45/h12-15,19,32,34-36,38H,2,9-11,16-18,20-28H2,1,3-8H3,(H,46,52)(H,48,49)(H,50,51)/t32-,34+,35?,36+,38+,42-,43+,44+,45-/m0/s1. The Balaban J connectivity index is 1.24. The summed E-state index contributed by atoms with van der Waals surface area (Å²) >= 11 is 0. The van der Waals surface area contributed by atoms with E-state index in [-0.39, 0.29) is 39.4 Å². The van der Waals surface area contributed by atoms with E-state index in [1.807, 2.05) is 12.1 Å². The normalized spacial score (nSPS) is 37.5. The van der Waals surface area contributed by atoms with Gasteiger partial charge in [-0.25, -0.2) is 4.79 Å². The number of fused-ring (bicyclic) bond motifs is 7. The molecule has 6 rings (SSSR count). The second kappa shape index (κ2) is 14.0. The highest BCUT2D eigenvalue weighted by atomic mass is 16.4. The van der Waals surface area contributed by atoms with Crippen molar-refractivity contribution >= 4 is 23.4 Å². The van der Waals surface area contributed by atoms with Gasteiger partial charge in [0.25, 0.3) is 0 Å². The number of hydrogen-bond acceptors (Lipinski definition) is 4. The molecule has 1 amide bonds. The molecule has 0 bridgehead atoms. The number of carbonyl (C=O) groups excluding carboxylic acids is 1. The number of rotatable bonds is 12. The first-order valence-electron chi connectivity index (χ1n) is 20.4. The van der Waals surface area contributed by atoms with E-state index in [4.69, 9.17) is 5.11 Å². The minimum absolute atomic E-state index is 0.0310. The van der Waals surface area contributed by atoms with Gasteiger partial charge in [0.2, 0.25) is 5.91 Å². The smallest absolute Gasteiger partial charge is 0.335 e. The van der Waals surface area contributed by atoms with E-state index in [1.54, 1.807) is 12.1 Å². The van der Waals surface area contributed by atoms with Crippen LogP contribution in [-0.4, -0.2) is 59.1 Å². The third-order valence-electron chi connectivity index (χ3n) is 16.6. The lowest BCUT2D eigenvalue weighted by atomic mass is 9.32. The summed E-state index contributed by atoms with van der Waals surface area (Å²) in [6.45, 7) is 24.5. The molecule has 286 valence electrons. The Bertz CT molecular complexity index is 1600. The van der Waals surface area contributed by atoms with Crippen LogP contribution in [0.4, 0.5) is 0 Å². The first-order chi connectivity index (χ1) is 24.5. The zero-order chi connectivity index (χ0) is 37.9. The summed E-state index contributed by atoms with van der Waals surface area (Å²) in [4.78, 5) is 39.4. The third-order valence-corrected chi connectivity index (χ3v) is 16.6. The lowest BCUT2D eigenvalue weighted by Gasteiger charge is -2.72. The molecule has 3 N–H and O–H groups in total. The Hall–Kier alpha value is -2.93. The third kappa shape index (κ3) is 6.09. The van der Waals surface area contributed by atoms with Gasteiger partial charge in [0, 0.05) is 19.5 Å². The highest BCUT2D eigenvalue weighted by Crippen LogP contribution is 2.77. The van der Waals surface area contributed by atoms with E-state index in [2.05, 4.69) is 71.3 Å². The average molecular weight is 715 g/mol. The second-order valence-electron chi connectivity index (χ2n) is 19.0. The quantitative estimate of drug-likeness (QED) is 0.186. The van der Waals surface area contributed by atoms with Crippen LogP contribution in [0, 0.1) is 56.7 Å². The summed E-state index contributed by atoms with van der Waals surface area (Å²) < 4.78 is 0. The Morgan fingerprint density at radius 2 is 1.60 bits per heavy atom. The maximum Gasteiger partial charge on any atom is 0.335 e. The van der Waals surface area contributed by atoms with Crippen LogP contribution in [0.15, 0.2) is 42.5 Å². The topological polar surface area (TPSA) is 107 Å². The molecule has 1 unspecified atom stereocenters. The van der Waals surface area contributed by atoms with E-state index >= 15 is 0 Å². The van der Waals surface area contributed by atoms with E-state index in [0.717, 1.165) is 57.3 Å². The lowest BCUT2D eigenvalue weighted by Crippen LogP contribution is -2.66. The highest BCUT2D eigenvalue weighted by Gasteiger charge is 2.71. The number of likely N-dealkylation sites (N-methyl/N-ethyl adjacent to an activating group) is 1. The van der Waals surface area contributed by atoms with Crippen LogP contribution >= 0.6 is 0 Å². The summed E-state index contributed by atoms with van der Waals surface area (Å²) in [7, 11) is 0. The van der Waals surface area contributed by atoms with Crippen molar-refractivity contribution in [2.45, 2.75) is 119 Å². The van der Waals surface area contributed by atoms with Crippen LogP contribution in [0.2, 0.25) is 0 Å². The van der Waals surface area contributed by atoms with E-state index in [0.29, 0.717) is 48.1 Å². The predicted molar refractivity (Wildman–Crippen MR) is 208 cm³/mol. The number of allylic oxidation sites excluding steroid dienone is 3. The first-order valence-corrected chi connectivity index (χ1v) is 20.4. The minimum atomic E-state index is -0.885. The Morgan fingerprint density at radius 3 is 2.23 bits per heavy atom. The maximum absolute atomic E-state index is 14.5. The number of hydrogen-bond donors (Lipinski definition) is 3. The van der Waals surface area contributed by atoms with Crippen LogP contribution in [0.25, 0.3) is 5.57 Å². The molecule has 1 aromatic carbocycles. The Morgan fingerprint density at radius 1 is 0.885 bits per heavy atom. The molecule has 5 aliphatic rings. The average Bonchev–Trinajstić information content (AvgIpc) is 3.49. The van der Waals surface area contributed by atoms with Crippen LogP contribution in [0.3, 0.4) is 0 Å². The van der Waals surface area contributed by atoms with Gasteiger partial charge < -0.3 is 20.4 Å². The van der Waals surface area contributed by atoms with Crippen molar-refractivity contribution in [2.24, 2.45) is 56.7 Å². The molecular formula is C45H66N2O5. The van der Waals surface area contributed by atoms with Crippen molar-refractivity contribution in [3.05, 3.63) is 53.6 Å². The molecule has 0 radical (unpaired) electrons. The van der Waals surface area contributed by atoms with Crippen LogP contribution in [0.5, 0.6) is 0 Å². The summed E-state index contributed by atoms with van der Waals surface area (Å²) in [5, 5.41) is 22.0. The van der Waals surface area contributed by atoms with Gasteiger partial charge in [-0.15, -0.1) is 0 Å². The number of aromatic carboxylic acids is 1. The molecule has 7 heteroatoms. The van der Waals surface area contributed by atoms with Crippen LogP contribution in [0.1, 0.15) is 135 Å². The molecule has 4 fully saturated rings. The molecule has 4 saturated carbocycles. The van der Waals surface area contributed by atoms with Crippen LogP contribution < -0.4 is 5.32 Å². The number of benzene rings is 1. The van der Waals surface area contributed by atoms with Crippen molar-refractivity contribution < 1.29 is 24.6 Å². The SMILES string of the molecule is C=C(C)[C@@H]1CC[C@]2(C(=O)NCCN(CC)CCCC(=O)O)CC[C@]3(C)[C@H](CC[C@@H]4[C@@]5(C)CC=C(c6ccc(C(=O)O)cc6)C(C)(C)C5CC[C@]43C)[C@@H]12. The van der Waals surface area contributed by atoms with Gasteiger partial charge in [-0.3, -0.25) is 9.59 Å². The van der Waals surface area contributed by atoms with Gasteiger partial charge >= 0.3 is 11.9 Å². The zero-order valence-corrected chi connectivity index (χ0v) is 33.2. The summed E-state index contributed by atoms with van der Waals surface area (Å²) in [6, 6.07) is 7.51. The predicted octanol–water partition coefficient (Wildman–Crippen LogP) is 9.34. The minimum Gasteiger partial charge on any atom is -0.481 e. The van der Waals surface area contributed by atoms with Crippen molar-refractivity contribution in [3.63, 3.8) is 0 Å². The number of carboxylic acid groups (broad SMARTS) is 2. The van der Waals surface area contributed by atoms with Crippen molar-refractivity contribution in [3.8, 4) is 0 Å². The summed E-state index contributed by atoms with van der Waals surface area (Å²) in [6.07, 6.45) is 13.1. The molecular weight excluding hydrogens is 649 g/mol. The fourth-order valence-electron chi connectivity index (χ4n) is 13.8. The summed E-state index contributed by atoms with van der Waals surface area (Å²) in [5.74, 6) is 0.903. The van der Waals surface area contributed by atoms with Crippen molar-refractivity contribution in [2.75, 3.05) is 26.2 Å². The molecule has 9 atom stereocenters. The number of aliphatic carboxylic acids is 1.